The lowest BCUT2D eigenvalue weighted by atomic mass is 9.88. The van der Waals surface area contributed by atoms with Crippen molar-refractivity contribution in [2.45, 2.75) is 18.5 Å². The van der Waals surface area contributed by atoms with Gasteiger partial charge < -0.3 is 5.32 Å². The second-order valence-corrected chi connectivity index (χ2v) is 4.99. The van der Waals surface area contributed by atoms with Crippen molar-refractivity contribution in [1.29, 1.82) is 0 Å². The van der Waals surface area contributed by atoms with Crippen LogP contribution in [0.5, 0.6) is 0 Å². The first-order valence-corrected chi connectivity index (χ1v) is 6.37. The molecule has 3 rings (SSSR count). The molecule has 1 aliphatic heterocycles. The van der Waals surface area contributed by atoms with Gasteiger partial charge >= 0.3 is 0 Å². The summed E-state index contributed by atoms with van der Waals surface area (Å²) in [6.07, 6.45) is 4.18. The van der Waals surface area contributed by atoms with E-state index >= 15 is 4.39 Å². The van der Waals surface area contributed by atoms with E-state index in [1.807, 2.05) is 6.07 Å². The molecule has 0 spiro atoms. The Morgan fingerprint density at radius 2 is 2.06 bits per heavy atom. The van der Waals surface area contributed by atoms with Crippen LogP contribution in [0.2, 0.25) is 5.15 Å². The molecule has 1 aliphatic rings. The maximum absolute atomic E-state index is 15.0. The van der Waals surface area contributed by atoms with Gasteiger partial charge in [-0.25, -0.2) is 9.37 Å². The third-order valence-corrected chi connectivity index (χ3v) is 3.64. The molecule has 0 atom stereocenters. The molecule has 2 aromatic heterocycles. The Balaban J connectivity index is 2.18. The second kappa shape index (κ2) is 4.44. The molecule has 0 bridgehead atoms. The van der Waals surface area contributed by atoms with Crippen LogP contribution in [0.25, 0.3) is 10.8 Å². The summed E-state index contributed by atoms with van der Waals surface area (Å²) < 4.78 is 15.0. The topological polar surface area (TPSA) is 37.8 Å². The molecule has 3 heterocycles. The number of nitrogens with zero attached hydrogens (tertiary/aromatic N) is 2. The molecule has 5 heteroatoms. The van der Waals surface area contributed by atoms with Gasteiger partial charge in [-0.2, -0.15) is 0 Å². The summed E-state index contributed by atoms with van der Waals surface area (Å²) in [7, 11) is 0. The van der Waals surface area contributed by atoms with Gasteiger partial charge in [0, 0.05) is 23.2 Å². The van der Waals surface area contributed by atoms with E-state index in [0.29, 0.717) is 36.8 Å². The van der Waals surface area contributed by atoms with Crippen molar-refractivity contribution in [3.8, 4) is 0 Å². The average Bonchev–Trinajstić information content (AvgIpc) is 2.38. The Kier molecular flexibility index (Phi) is 2.92. The Labute approximate surface area is 109 Å². The molecule has 0 aliphatic carbocycles. The smallest absolute Gasteiger partial charge is 0.155 e. The lowest BCUT2D eigenvalue weighted by Crippen LogP contribution is -2.37. The molecule has 3 nitrogen and oxygen atoms in total. The van der Waals surface area contributed by atoms with Gasteiger partial charge in [-0.15, -0.1) is 0 Å². The molecular formula is C13H13ClFN3. The average molecular weight is 266 g/mol. The van der Waals surface area contributed by atoms with Crippen molar-refractivity contribution >= 4 is 22.4 Å². The van der Waals surface area contributed by atoms with Crippen LogP contribution in [0.1, 0.15) is 18.5 Å². The maximum Gasteiger partial charge on any atom is 0.155 e. The predicted octanol–water partition coefficient (Wildman–Crippen LogP) is 2.83. The zero-order chi connectivity index (χ0) is 12.6. The van der Waals surface area contributed by atoms with Gasteiger partial charge in [0.05, 0.1) is 5.69 Å². The molecule has 0 amide bonds. The van der Waals surface area contributed by atoms with Crippen molar-refractivity contribution in [3.05, 3.63) is 35.4 Å². The zero-order valence-electron chi connectivity index (χ0n) is 9.79. The van der Waals surface area contributed by atoms with Gasteiger partial charge in [-0.3, -0.25) is 4.98 Å². The Morgan fingerprint density at radius 1 is 1.28 bits per heavy atom. The third-order valence-electron chi connectivity index (χ3n) is 3.43. The summed E-state index contributed by atoms with van der Waals surface area (Å²) in [4.78, 5) is 8.27. The minimum Gasteiger partial charge on any atom is -0.316 e. The summed E-state index contributed by atoms with van der Waals surface area (Å²) in [6, 6.07) is 3.52. The predicted molar refractivity (Wildman–Crippen MR) is 69.4 cm³/mol. The summed E-state index contributed by atoms with van der Waals surface area (Å²) >= 11 is 5.90. The first-order valence-electron chi connectivity index (χ1n) is 5.99. The fraction of sp³-hybridized carbons (Fsp3) is 0.385. The monoisotopic (exact) mass is 265 g/mol. The van der Waals surface area contributed by atoms with Crippen molar-refractivity contribution < 1.29 is 4.39 Å². The van der Waals surface area contributed by atoms with E-state index in [-0.39, 0.29) is 0 Å². The van der Waals surface area contributed by atoms with E-state index in [0.717, 1.165) is 10.8 Å². The van der Waals surface area contributed by atoms with Crippen molar-refractivity contribution in [3.63, 3.8) is 0 Å². The van der Waals surface area contributed by atoms with E-state index in [4.69, 9.17) is 11.6 Å². The van der Waals surface area contributed by atoms with E-state index < -0.39 is 5.67 Å². The van der Waals surface area contributed by atoms with Crippen LogP contribution in [0.4, 0.5) is 4.39 Å². The molecule has 0 unspecified atom stereocenters. The summed E-state index contributed by atoms with van der Waals surface area (Å²) in [5.41, 5.74) is -0.874. The highest BCUT2D eigenvalue weighted by Crippen LogP contribution is 2.37. The Morgan fingerprint density at radius 3 is 2.83 bits per heavy atom. The van der Waals surface area contributed by atoms with Gasteiger partial charge in [-0.05, 0) is 38.1 Å². The number of halogens is 2. The summed E-state index contributed by atoms with van der Waals surface area (Å²) in [5, 5.41) is 5.17. The number of nitrogens with one attached hydrogen (secondary N) is 1. The number of piperidine rings is 1. The lowest BCUT2D eigenvalue weighted by molar-refractivity contribution is 0.112. The SMILES string of the molecule is FC1(c2nccc3cnc(Cl)cc23)CCNCC1. The molecule has 2 aromatic rings. The van der Waals surface area contributed by atoms with Crippen LogP contribution in [0, 0.1) is 0 Å². The summed E-state index contributed by atoms with van der Waals surface area (Å²) in [5.74, 6) is 0. The molecular weight excluding hydrogens is 253 g/mol. The highest BCUT2D eigenvalue weighted by atomic mass is 35.5. The zero-order valence-corrected chi connectivity index (χ0v) is 10.5. The first-order chi connectivity index (χ1) is 8.69. The number of fused-ring (bicyclic) bond motifs is 1. The van der Waals surface area contributed by atoms with Gasteiger partial charge in [-0.1, -0.05) is 11.6 Å². The second-order valence-electron chi connectivity index (χ2n) is 4.60. The normalized spacial score (nSPS) is 19.0. The van der Waals surface area contributed by atoms with Gasteiger partial charge in [0.25, 0.3) is 0 Å². The number of aromatic nitrogens is 2. The first kappa shape index (κ1) is 11.8. The van der Waals surface area contributed by atoms with Crippen LogP contribution in [-0.4, -0.2) is 23.1 Å². The molecule has 1 saturated heterocycles. The van der Waals surface area contributed by atoms with Crippen LogP contribution < -0.4 is 5.32 Å². The number of rotatable bonds is 1. The van der Waals surface area contributed by atoms with Crippen LogP contribution in [0.3, 0.4) is 0 Å². The minimum absolute atomic E-state index is 0.370. The molecule has 94 valence electrons. The minimum atomic E-state index is -1.37. The maximum atomic E-state index is 15.0. The van der Waals surface area contributed by atoms with Gasteiger partial charge in [0.1, 0.15) is 5.15 Å². The third kappa shape index (κ3) is 1.95. The van der Waals surface area contributed by atoms with Crippen molar-refractivity contribution in [2.75, 3.05) is 13.1 Å². The fourth-order valence-electron chi connectivity index (χ4n) is 2.46. The van der Waals surface area contributed by atoms with Gasteiger partial charge in [0.2, 0.25) is 0 Å². The molecule has 18 heavy (non-hydrogen) atoms. The lowest BCUT2D eigenvalue weighted by Gasteiger charge is -2.30. The van der Waals surface area contributed by atoms with E-state index in [9.17, 15) is 0 Å². The molecule has 1 N–H and O–H groups in total. The Hall–Kier alpha value is -1.26. The fourth-order valence-corrected chi connectivity index (χ4v) is 2.61. The van der Waals surface area contributed by atoms with Crippen molar-refractivity contribution in [2.24, 2.45) is 0 Å². The van der Waals surface area contributed by atoms with Crippen LogP contribution >= 0.6 is 11.6 Å². The van der Waals surface area contributed by atoms with Crippen LogP contribution in [-0.2, 0) is 5.67 Å². The van der Waals surface area contributed by atoms with E-state index in [1.54, 1.807) is 18.5 Å². The number of hydrogen-bond donors (Lipinski definition) is 1. The molecule has 0 saturated carbocycles. The highest BCUT2D eigenvalue weighted by Gasteiger charge is 2.36. The van der Waals surface area contributed by atoms with E-state index in [2.05, 4.69) is 15.3 Å². The van der Waals surface area contributed by atoms with Crippen molar-refractivity contribution in [1.82, 2.24) is 15.3 Å². The number of hydrogen-bond acceptors (Lipinski definition) is 3. The van der Waals surface area contributed by atoms with Crippen LogP contribution in [0.15, 0.2) is 24.5 Å². The Bertz CT molecular complexity index is 581. The summed E-state index contributed by atoms with van der Waals surface area (Å²) in [6.45, 7) is 1.35. The quantitative estimate of drug-likeness (QED) is 0.806. The highest BCUT2D eigenvalue weighted by molar-refractivity contribution is 6.30. The standard InChI is InChI=1S/C13H13ClFN3/c14-11-7-10-9(8-18-11)1-4-17-12(10)13(15)2-5-16-6-3-13/h1,4,7-8,16H,2-3,5-6H2. The number of pyridine rings is 2. The van der Waals surface area contributed by atoms with E-state index in [1.165, 1.54) is 0 Å². The van der Waals surface area contributed by atoms with Gasteiger partial charge in [0.15, 0.2) is 5.67 Å². The molecule has 1 fully saturated rings. The largest absolute Gasteiger partial charge is 0.316 e. The molecule has 0 radical (unpaired) electrons. The molecule has 0 aromatic carbocycles. The number of alkyl halides is 1.